The van der Waals surface area contributed by atoms with E-state index in [1.54, 1.807) is 0 Å². The van der Waals surface area contributed by atoms with E-state index in [1.165, 1.54) is 78.5 Å². The van der Waals surface area contributed by atoms with Gasteiger partial charge >= 0.3 is 0 Å². The van der Waals surface area contributed by atoms with Crippen LogP contribution < -0.4 is 21.4 Å². The molecule has 8 bridgehead atoms. The zero-order chi connectivity index (χ0) is 42.0. The molecule has 1 aliphatic heterocycles. The summed E-state index contributed by atoms with van der Waals surface area (Å²) in [6.45, 7) is 19.8. The van der Waals surface area contributed by atoms with Crippen LogP contribution in [0.25, 0.3) is 22.3 Å². The van der Waals surface area contributed by atoms with Gasteiger partial charge in [0.15, 0.2) is 0 Å². The number of benzene rings is 4. The van der Waals surface area contributed by atoms with Crippen molar-refractivity contribution in [2.45, 2.75) is 67.2 Å². The Kier molecular flexibility index (Phi) is 9.81. The Hall–Kier alpha value is -6.68. The van der Waals surface area contributed by atoms with Crippen molar-refractivity contribution >= 4 is 34.1 Å². The van der Waals surface area contributed by atoms with Gasteiger partial charge in [0.2, 0.25) is 0 Å². The summed E-state index contributed by atoms with van der Waals surface area (Å²) < 4.78 is 0. The van der Waals surface area contributed by atoms with Crippen molar-refractivity contribution in [1.29, 1.82) is 5.26 Å². The predicted molar refractivity (Wildman–Crippen MR) is 248 cm³/mol. The highest BCUT2D eigenvalue weighted by Crippen LogP contribution is 2.34. The molecule has 9 rings (SSSR count). The van der Waals surface area contributed by atoms with Crippen molar-refractivity contribution in [2.24, 2.45) is 0 Å². The van der Waals surface area contributed by atoms with Gasteiger partial charge in [-0.05, 0) is 190 Å². The predicted octanol–water partition coefficient (Wildman–Crippen LogP) is 9.65. The lowest BCUT2D eigenvalue weighted by molar-refractivity contribution is 1.17. The van der Waals surface area contributed by atoms with Gasteiger partial charge in [0, 0.05) is 71.4 Å². The van der Waals surface area contributed by atoms with Crippen LogP contribution in [0.2, 0.25) is 0 Å². The highest BCUT2D eigenvalue weighted by molar-refractivity contribution is 8.03. The number of nitrogens with one attached hydrogen (secondary N) is 4. The standard InChI is InChI=1S/C54H49N5S/c1-29-22-32(4)48(33(5)23-29)52-42-16-14-40(56-42)51(38-10-12-39(13-11-38)60-28-55)41-15-17-43(57-41)53(49-34(6)24-30(2)25-35(49)7)45-19-21-47(59-45)54(46-20-18-44(52)58-46)50-36(8)26-31(3)27-37(50)9/h10-27,56-59H,1-9H3. The molecule has 4 N–H and O–H groups in total. The lowest BCUT2D eigenvalue weighted by Crippen LogP contribution is -2.20. The zero-order valence-electron chi connectivity index (χ0n) is 35.7. The second-order valence-corrected chi connectivity index (χ2v) is 17.5. The quantitative estimate of drug-likeness (QED) is 0.103. The Morgan fingerprint density at radius 2 is 0.667 bits per heavy atom. The third kappa shape index (κ3) is 6.79. The average molecular weight is 800 g/mol. The third-order valence-corrected chi connectivity index (χ3v) is 12.6. The molecule has 0 radical (unpaired) electrons. The van der Waals surface area contributed by atoms with Crippen LogP contribution >= 0.6 is 11.8 Å². The van der Waals surface area contributed by atoms with Gasteiger partial charge in [0.25, 0.3) is 0 Å². The SMILES string of the molecule is Cc1cc(C)c(C2=c3ccc([nH]3)=C(c3ccc(SC#N)cc3)c3ccc([nH]3)C(c3c(C)cc(C)cc3C)=c3ccc([nH]3)=C(c3c(C)cc(C)cc3C)c3ccc2[nH]3)c(C)c1. The number of aromatic amines is 4. The van der Waals surface area contributed by atoms with Crippen LogP contribution in [0.4, 0.5) is 0 Å². The molecular formula is C54H49N5S. The van der Waals surface area contributed by atoms with Crippen LogP contribution in [0.15, 0.2) is 114 Å². The first-order valence-corrected chi connectivity index (χ1v) is 21.4. The Morgan fingerprint density at radius 1 is 0.367 bits per heavy atom. The molecule has 296 valence electrons. The fraction of sp³-hybridized carbons (Fsp3) is 0.167. The minimum atomic E-state index is 0.911. The van der Waals surface area contributed by atoms with Gasteiger partial charge in [-0.2, -0.15) is 5.26 Å². The minimum Gasteiger partial charge on any atom is -0.354 e. The van der Waals surface area contributed by atoms with Crippen LogP contribution in [-0.4, -0.2) is 19.9 Å². The molecule has 60 heavy (non-hydrogen) atoms. The highest BCUT2D eigenvalue weighted by atomic mass is 32.2. The maximum Gasteiger partial charge on any atom is 0.138 e. The lowest BCUT2D eigenvalue weighted by Gasteiger charge is -2.16. The number of thioether (sulfide) groups is 1. The summed E-state index contributed by atoms with van der Waals surface area (Å²) in [4.78, 5) is 16.8. The van der Waals surface area contributed by atoms with E-state index in [4.69, 9.17) is 0 Å². The van der Waals surface area contributed by atoms with Gasteiger partial charge in [-0.15, -0.1) is 0 Å². The van der Waals surface area contributed by atoms with Gasteiger partial charge in [0.05, 0.1) is 0 Å². The van der Waals surface area contributed by atoms with Crippen molar-refractivity contribution in [3.8, 4) is 5.40 Å². The summed E-state index contributed by atoms with van der Waals surface area (Å²) in [6.07, 6.45) is 0. The van der Waals surface area contributed by atoms with Gasteiger partial charge in [-0.1, -0.05) is 65.2 Å². The number of nitriles is 1. The van der Waals surface area contributed by atoms with Crippen molar-refractivity contribution in [2.75, 3.05) is 0 Å². The van der Waals surface area contributed by atoms with Crippen molar-refractivity contribution < 1.29 is 0 Å². The summed E-state index contributed by atoms with van der Waals surface area (Å²) in [5.74, 6) is 0. The number of H-pyrrole nitrogens is 4. The minimum absolute atomic E-state index is 0.911. The Balaban J connectivity index is 1.47. The molecule has 5 heterocycles. The Morgan fingerprint density at radius 3 is 0.983 bits per heavy atom. The smallest absolute Gasteiger partial charge is 0.138 e. The van der Waals surface area contributed by atoms with E-state index in [0.29, 0.717) is 0 Å². The van der Waals surface area contributed by atoms with Gasteiger partial charge in [0.1, 0.15) is 5.40 Å². The van der Waals surface area contributed by atoms with E-state index >= 15 is 0 Å². The Labute approximate surface area is 356 Å². The molecule has 8 aromatic rings. The maximum absolute atomic E-state index is 9.43. The summed E-state index contributed by atoms with van der Waals surface area (Å²) >= 11 is 1.17. The zero-order valence-corrected chi connectivity index (χ0v) is 36.6. The first kappa shape index (κ1) is 38.8. The first-order chi connectivity index (χ1) is 28.9. The molecule has 4 aromatic carbocycles. The maximum atomic E-state index is 9.43. The average Bonchev–Trinajstić information content (AvgIpc) is 4.02. The first-order valence-electron chi connectivity index (χ1n) is 20.6. The normalized spacial score (nSPS) is 12.7. The third-order valence-electron chi connectivity index (χ3n) is 12.0. The van der Waals surface area contributed by atoms with Crippen LogP contribution in [0.1, 0.15) is 95.1 Å². The second kappa shape index (κ2) is 15.2. The van der Waals surface area contributed by atoms with Crippen LogP contribution in [0.5, 0.6) is 0 Å². The molecule has 4 aromatic heterocycles. The fourth-order valence-corrected chi connectivity index (χ4v) is 10.3. The van der Waals surface area contributed by atoms with Crippen LogP contribution in [0.3, 0.4) is 0 Å². The number of aryl methyl sites for hydroxylation is 9. The Bertz CT molecular complexity index is 3260. The number of hydrogen-bond donors (Lipinski definition) is 4. The molecule has 0 saturated heterocycles. The highest BCUT2D eigenvalue weighted by Gasteiger charge is 2.22. The molecule has 1 aliphatic rings. The number of rotatable bonds is 5. The molecular weight excluding hydrogens is 751 g/mol. The van der Waals surface area contributed by atoms with Gasteiger partial charge in [-0.3, -0.25) is 0 Å². The van der Waals surface area contributed by atoms with E-state index < -0.39 is 0 Å². The molecule has 0 spiro atoms. The fourth-order valence-electron chi connectivity index (χ4n) is 9.91. The topological polar surface area (TPSA) is 86.9 Å². The van der Waals surface area contributed by atoms with E-state index in [2.05, 4.69) is 185 Å². The molecule has 0 atom stereocenters. The largest absolute Gasteiger partial charge is 0.354 e. The number of aromatic nitrogens is 4. The summed E-state index contributed by atoms with van der Waals surface area (Å²) in [6, 6.07) is 39.8. The lowest BCUT2D eigenvalue weighted by atomic mass is 9.91. The van der Waals surface area contributed by atoms with E-state index in [9.17, 15) is 5.26 Å². The molecule has 0 unspecified atom stereocenters. The molecule has 0 saturated carbocycles. The summed E-state index contributed by atoms with van der Waals surface area (Å²) in [7, 11) is 0. The van der Waals surface area contributed by atoms with Crippen LogP contribution in [0, 0.1) is 73.0 Å². The monoisotopic (exact) mass is 799 g/mol. The van der Waals surface area contributed by atoms with Crippen LogP contribution in [-0.2, 0) is 0 Å². The molecule has 6 heteroatoms. The van der Waals surface area contributed by atoms with E-state index in [-0.39, 0.29) is 0 Å². The van der Waals surface area contributed by atoms with Crippen molar-refractivity contribution in [3.63, 3.8) is 0 Å². The van der Waals surface area contributed by atoms with Crippen molar-refractivity contribution in [3.05, 3.63) is 226 Å². The van der Waals surface area contributed by atoms with E-state index in [1.807, 2.05) is 12.1 Å². The number of fused-ring (bicyclic) bond motifs is 8. The second-order valence-electron chi connectivity index (χ2n) is 16.7. The number of thiocyanates is 1. The van der Waals surface area contributed by atoms with Gasteiger partial charge in [-0.25, -0.2) is 0 Å². The van der Waals surface area contributed by atoms with E-state index in [0.717, 1.165) is 76.9 Å². The van der Waals surface area contributed by atoms with Crippen molar-refractivity contribution in [1.82, 2.24) is 19.9 Å². The summed E-state index contributed by atoms with van der Waals surface area (Å²) in [5, 5.41) is 15.7. The molecule has 5 nitrogen and oxygen atoms in total. The molecule has 0 aliphatic carbocycles. The number of nitrogens with zero attached hydrogens (tertiary/aromatic N) is 1. The molecule has 0 fully saturated rings. The summed E-state index contributed by atoms with van der Waals surface area (Å²) in [5.41, 5.74) is 24.3. The van der Waals surface area contributed by atoms with Gasteiger partial charge < -0.3 is 19.9 Å². The number of hydrogen-bond acceptors (Lipinski definition) is 2. The molecule has 0 amide bonds.